The molecule has 0 saturated heterocycles. The summed E-state index contributed by atoms with van der Waals surface area (Å²) in [4.78, 5) is 34.3. The highest BCUT2D eigenvalue weighted by atomic mass is 35.5. The lowest BCUT2D eigenvalue weighted by Gasteiger charge is -2.12. The van der Waals surface area contributed by atoms with Crippen molar-refractivity contribution < 1.29 is 19.1 Å². The van der Waals surface area contributed by atoms with E-state index in [-0.39, 0.29) is 24.5 Å². The van der Waals surface area contributed by atoms with E-state index in [1.54, 1.807) is 25.1 Å². The number of hydrogen-bond acceptors (Lipinski definition) is 5. The van der Waals surface area contributed by atoms with Gasteiger partial charge in [-0.2, -0.15) is 5.10 Å². The highest BCUT2D eigenvalue weighted by molar-refractivity contribution is 6.37. The summed E-state index contributed by atoms with van der Waals surface area (Å²) < 4.78 is 4.86. The second-order valence-electron chi connectivity index (χ2n) is 4.68. The average molecular weight is 324 g/mol. The summed E-state index contributed by atoms with van der Waals surface area (Å²) in [6.45, 7) is 1.36. The molecule has 1 aliphatic heterocycles. The fourth-order valence-electron chi connectivity index (χ4n) is 1.79. The van der Waals surface area contributed by atoms with Crippen LogP contribution in [0.1, 0.15) is 18.4 Å². The first-order chi connectivity index (χ1) is 10.5. The van der Waals surface area contributed by atoms with Gasteiger partial charge < -0.3 is 10.1 Å². The van der Waals surface area contributed by atoms with Crippen molar-refractivity contribution in [2.24, 2.45) is 5.10 Å². The van der Waals surface area contributed by atoms with E-state index in [1.807, 2.05) is 0 Å². The SMILES string of the molecule is Cc1cc(Cl)ccc1NC(=O)COC(=O)C1=NNC(=O)CC1. The van der Waals surface area contributed by atoms with E-state index in [0.717, 1.165) is 5.56 Å². The summed E-state index contributed by atoms with van der Waals surface area (Å²) in [5, 5.41) is 6.78. The Bertz CT molecular complexity index is 657. The molecule has 0 spiro atoms. The van der Waals surface area contributed by atoms with Crippen molar-refractivity contribution in [1.82, 2.24) is 5.43 Å². The predicted octanol–water partition coefficient (Wildman–Crippen LogP) is 1.40. The number of halogens is 1. The van der Waals surface area contributed by atoms with Gasteiger partial charge in [0.05, 0.1) is 0 Å². The fraction of sp³-hybridized carbons (Fsp3) is 0.286. The maximum Gasteiger partial charge on any atom is 0.355 e. The number of benzene rings is 1. The predicted molar refractivity (Wildman–Crippen MR) is 80.6 cm³/mol. The third-order valence-electron chi connectivity index (χ3n) is 2.94. The van der Waals surface area contributed by atoms with Crippen LogP contribution >= 0.6 is 11.6 Å². The Labute approximate surface area is 131 Å². The number of carbonyl (C=O) groups is 3. The Kier molecular flexibility index (Phi) is 5.11. The van der Waals surface area contributed by atoms with Crippen LogP contribution in [0.5, 0.6) is 0 Å². The number of rotatable bonds is 4. The lowest BCUT2D eigenvalue weighted by Crippen LogP contribution is -2.32. The molecule has 0 atom stereocenters. The van der Waals surface area contributed by atoms with Crippen molar-refractivity contribution in [2.45, 2.75) is 19.8 Å². The molecule has 2 rings (SSSR count). The molecule has 116 valence electrons. The minimum absolute atomic E-state index is 0.0927. The molecule has 1 aromatic rings. The molecule has 0 fully saturated rings. The van der Waals surface area contributed by atoms with Crippen LogP contribution in [0.15, 0.2) is 23.3 Å². The molecule has 0 aliphatic carbocycles. The molecule has 0 saturated carbocycles. The zero-order valence-corrected chi connectivity index (χ0v) is 12.6. The molecule has 1 heterocycles. The molecular formula is C14H14ClN3O4. The molecule has 0 radical (unpaired) electrons. The number of esters is 1. The Hall–Kier alpha value is -2.41. The quantitative estimate of drug-likeness (QED) is 0.818. The number of ether oxygens (including phenoxy) is 1. The van der Waals surface area contributed by atoms with Crippen molar-refractivity contribution in [3.63, 3.8) is 0 Å². The Morgan fingerprint density at radius 2 is 2.18 bits per heavy atom. The Morgan fingerprint density at radius 1 is 1.41 bits per heavy atom. The highest BCUT2D eigenvalue weighted by Crippen LogP contribution is 2.19. The number of anilines is 1. The lowest BCUT2D eigenvalue weighted by molar-refractivity contribution is -0.140. The summed E-state index contributed by atoms with van der Waals surface area (Å²) in [7, 11) is 0. The van der Waals surface area contributed by atoms with Crippen molar-refractivity contribution in [2.75, 3.05) is 11.9 Å². The van der Waals surface area contributed by atoms with Crippen LogP contribution in [-0.2, 0) is 19.1 Å². The van der Waals surface area contributed by atoms with Gasteiger partial charge >= 0.3 is 5.97 Å². The van der Waals surface area contributed by atoms with Gasteiger partial charge in [-0.05, 0) is 30.7 Å². The maximum atomic E-state index is 11.8. The molecule has 0 aromatic heterocycles. The van der Waals surface area contributed by atoms with E-state index in [1.165, 1.54) is 0 Å². The third kappa shape index (κ3) is 4.29. The smallest absolute Gasteiger partial charge is 0.355 e. The van der Waals surface area contributed by atoms with Crippen LogP contribution in [0.25, 0.3) is 0 Å². The molecule has 0 unspecified atom stereocenters. The van der Waals surface area contributed by atoms with Gasteiger partial charge in [-0.1, -0.05) is 11.6 Å². The second kappa shape index (κ2) is 7.04. The number of hydrogen-bond donors (Lipinski definition) is 2. The van der Waals surface area contributed by atoms with E-state index >= 15 is 0 Å². The van der Waals surface area contributed by atoms with Gasteiger partial charge in [0, 0.05) is 23.6 Å². The van der Waals surface area contributed by atoms with E-state index in [9.17, 15) is 14.4 Å². The Morgan fingerprint density at radius 3 is 2.82 bits per heavy atom. The van der Waals surface area contributed by atoms with E-state index in [2.05, 4.69) is 15.8 Å². The molecule has 7 nitrogen and oxygen atoms in total. The molecule has 1 aromatic carbocycles. The van der Waals surface area contributed by atoms with Crippen LogP contribution in [0.4, 0.5) is 5.69 Å². The standard InChI is InChI=1S/C14H14ClN3O4/c1-8-6-9(15)2-3-10(8)16-13(20)7-22-14(21)11-4-5-12(19)18-17-11/h2-3,6H,4-5,7H2,1H3,(H,16,20)(H,18,19). The number of hydrazone groups is 1. The molecule has 0 bridgehead atoms. The largest absolute Gasteiger partial charge is 0.451 e. The van der Waals surface area contributed by atoms with Gasteiger partial charge in [-0.15, -0.1) is 0 Å². The molecule has 1 aliphatic rings. The summed E-state index contributed by atoms with van der Waals surface area (Å²) in [5.74, 6) is -1.45. The van der Waals surface area contributed by atoms with Crippen LogP contribution in [-0.4, -0.2) is 30.1 Å². The molecule has 22 heavy (non-hydrogen) atoms. The number of nitrogens with one attached hydrogen (secondary N) is 2. The van der Waals surface area contributed by atoms with Gasteiger partial charge in [0.1, 0.15) is 5.71 Å². The summed E-state index contributed by atoms with van der Waals surface area (Å²) in [5.41, 5.74) is 3.67. The minimum atomic E-state index is -0.719. The molecule has 8 heteroatoms. The minimum Gasteiger partial charge on any atom is -0.451 e. The van der Waals surface area contributed by atoms with Gasteiger partial charge in [-0.25, -0.2) is 10.2 Å². The summed E-state index contributed by atoms with van der Waals surface area (Å²) in [6.07, 6.45) is 0.368. The topological polar surface area (TPSA) is 96.9 Å². The third-order valence-corrected chi connectivity index (χ3v) is 3.17. The normalized spacial score (nSPS) is 13.9. The number of amides is 2. The van der Waals surface area contributed by atoms with E-state index in [4.69, 9.17) is 16.3 Å². The first-order valence-corrected chi connectivity index (χ1v) is 6.92. The fourth-order valence-corrected chi connectivity index (χ4v) is 2.02. The van der Waals surface area contributed by atoms with E-state index < -0.39 is 18.5 Å². The maximum absolute atomic E-state index is 11.8. The van der Waals surface area contributed by atoms with Crippen molar-refractivity contribution >= 4 is 40.8 Å². The Balaban J connectivity index is 1.85. The lowest BCUT2D eigenvalue weighted by atomic mass is 10.2. The van der Waals surface area contributed by atoms with Crippen molar-refractivity contribution in [3.05, 3.63) is 28.8 Å². The van der Waals surface area contributed by atoms with Gasteiger partial charge in [-0.3, -0.25) is 9.59 Å². The average Bonchev–Trinajstić information content (AvgIpc) is 2.48. The van der Waals surface area contributed by atoms with Gasteiger partial charge in [0.2, 0.25) is 5.91 Å². The van der Waals surface area contributed by atoms with Crippen LogP contribution in [0.3, 0.4) is 0 Å². The molecular weight excluding hydrogens is 310 g/mol. The number of aryl methyl sites for hydroxylation is 1. The number of nitrogens with zero attached hydrogens (tertiary/aromatic N) is 1. The first-order valence-electron chi connectivity index (χ1n) is 6.54. The molecule has 2 N–H and O–H groups in total. The summed E-state index contributed by atoms with van der Waals surface area (Å²) >= 11 is 5.83. The van der Waals surface area contributed by atoms with Crippen LogP contribution < -0.4 is 10.7 Å². The zero-order valence-electron chi connectivity index (χ0n) is 11.8. The number of carbonyl (C=O) groups excluding carboxylic acids is 3. The van der Waals surface area contributed by atoms with Crippen molar-refractivity contribution in [1.29, 1.82) is 0 Å². The van der Waals surface area contributed by atoms with Crippen molar-refractivity contribution in [3.8, 4) is 0 Å². The van der Waals surface area contributed by atoms with Crippen LogP contribution in [0, 0.1) is 6.92 Å². The van der Waals surface area contributed by atoms with Gasteiger partial charge in [0.25, 0.3) is 5.91 Å². The van der Waals surface area contributed by atoms with Crippen LogP contribution in [0.2, 0.25) is 5.02 Å². The molecule has 2 amide bonds. The zero-order chi connectivity index (χ0) is 16.1. The first kappa shape index (κ1) is 16.0. The van der Waals surface area contributed by atoms with Gasteiger partial charge in [0.15, 0.2) is 6.61 Å². The highest BCUT2D eigenvalue weighted by Gasteiger charge is 2.20. The van der Waals surface area contributed by atoms with E-state index in [0.29, 0.717) is 10.7 Å². The second-order valence-corrected chi connectivity index (χ2v) is 5.11. The summed E-state index contributed by atoms with van der Waals surface area (Å²) in [6, 6.07) is 5.02. The monoisotopic (exact) mass is 323 g/mol.